The number of fused-ring (bicyclic) bond motifs is 1. The van der Waals surface area contributed by atoms with E-state index in [-0.39, 0.29) is 11.4 Å². The summed E-state index contributed by atoms with van der Waals surface area (Å²) in [4.78, 5) is 15.9. The Morgan fingerprint density at radius 1 is 1.19 bits per heavy atom. The summed E-state index contributed by atoms with van der Waals surface area (Å²) in [5.74, 6) is 0.616. The highest BCUT2D eigenvalue weighted by Gasteiger charge is 2.15. The van der Waals surface area contributed by atoms with Crippen LogP contribution in [0, 0.1) is 19.3 Å². The molecule has 0 aliphatic rings. The van der Waals surface area contributed by atoms with E-state index in [2.05, 4.69) is 30.2 Å². The Morgan fingerprint density at radius 2 is 2.08 bits per heavy atom. The van der Waals surface area contributed by atoms with E-state index in [1.807, 2.05) is 6.92 Å². The van der Waals surface area contributed by atoms with Crippen molar-refractivity contribution >= 4 is 28.2 Å². The third-order valence-corrected chi connectivity index (χ3v) is 3.80. The van der Waals surface area contributed by atoms with E-state index in [9.17, 15) is 4.39 Å². The minimum atomic E-state index is -0.514. The van der Waals surface area contributed by atoms with Gasteiger partial charge in [-0.3, -0.25) is 0 Å². The number of nitrogens with one attached hydrogen (secondary N) is 1. The smallest absolute Gasteiger partial charge is 0.215 e. The Hall–Kier alpha value is -3.86. The third kappa shape index (κ3) is 2.71. The zero-order chi connectivity index (χ0) is 18.1. The van der Waals surface area contributed by atoms with Crippen LogP contribution < -0.4 is 5.32 Å². The lowest BCUT2D eigenvalue weighted by molar-refractivity contribution is 0.613. The van der Waals surface area contributed by atoms with Gasteiger partial charge in [0.25, 0.3) is 0 Å². The normalized spacial score (nSPS) is 10.7. The van der Waals surface area contributed by atoms with Crippen molar-refractivity contribution < 1.29 is 4.39 Å². The lowest BCUT2D eigenvalue weighted by atomic mass is 10.2. The largest absolute Gasteiger partial charge is 0.324 e. The summed E-state index contributed by atoms with van der Waals surface area (Å²) in [7, 11) is 0. The molecule has 1 N–H and O–H groups in total. The first-order chi connectivity index (χ1) is 12.7. The van der Waals surface area contributed by atoms with Crippen molar-refractivity contribution in [3.63, 3.8) is 0 Å². The van der Waals surface area contributed by atoms with E-state index < -0.39 is 5.82 Å². The molecule has 0 saturated heterocycles. The number of nitrogens with zero attached hydrogens (tertiary/aromatic N) is 6. The molecular formula is C18H12FN7. The van der Waals surface area contributed by atoms with Crippen molar-refractivity contribution in [2.75, 3.05) is 5.32 Å². The second-order valence-electron chi connectivity index (χ2n) is 5.56. The molecule has 126 valence electrons. The monoisotopic (exact) mass is 345 g/mol. The van der Waals surface area contributed by atoms with Crippen molar-refractivity contribution in [3.05, 3.63) is 72.0 Å². The van der Waals surface area contributed by atoms with Crippen molar-refractivity contribution in [2.45, 2.75) is 6.92 Å². The van der Waals surface area contributed by atoms with Crippen molar-refractivity contribution in [3.8, 4) is 5.69 Å². The average Bonchev–Trinajstić information content (AvgIpc) is 3.06. The number of anilines is 2. The van der Waals surface area contributed by atoms with Crippen LogP contribution in [0.15, 0.2) is 49.1 Å². The molecule has 0 spiro atoms. The van der Waals surface area contributed by atoms with Gasteiger partial charge in [-0.25, -0.2) is 28.9 Å². The van der Waals surface area contributed by atoms with E-state index in [1.54, 1.807) is 30.6 Å². The van der Waals surface area contributed by atoms with Gasteiger partial charge in [-0.1, -0.05) is 12.1 Å². The molecule has 3 aromatic heterocycles. The van der Waals surface area contributed by atoms with Gasteiger partial charge in [0.1, 0.15) is 29.5 Å². The summed E-state index contributed by atoms with van der Waals surface area (Å²) in [5, 5.41) is 8.20. The Kier molecular flexibility index (Phi) is 3.74. The highest BCUT2D eigenvalue weighted by atomic mass is 19.1. The fourth-order valence-corrected chi connectivity index (χ4v) is 2.62. The van der Waals surface area contributed by atoms with Crippen molar-refractivity contribution in [1.82, 2.24) is 24.7 Å². The van der Waals surface area contributed by atoms with Crippen LogP contribution in [0.4, 0.5) is 21.7 Å². The summed E-state index contributed by atoms with van der Waals surface area (Å²) in [6.45, 7) is 9.12. The summed E-state index contributed by atoms with van der Waals surface area (Å²) >= 11 is 0. The summed E-state index contributed by atoms with van der Waals surface area (Å²) in [6, 6.07) is 7.87. The minimum absolute atomic E-state index is 0.113. The molecule has 26 heavy (non-hydrogen) atoms. The molecule has 0 saturated carbocycles. The molecule has 0 aliphatic heterocycles. The molecule has 8 heteroatoms. The van der Waals surface area contributed by atoms with Crippen LogP contribution in [0.1, 0.15) is 5.69 Å². The van der Waals surface area contributed by atoms with E-state index in [1.165, 1.54) is 23.1 Å². The Balaban J connectivity index is 1.83. The van der Waals surface area contributed by atoms with Crippen LogP contribution >= 0.6 is 0 Å². The van der Waals surface area contributed by atoms with Gasteiger partial charge >= 0.3 is 0 Å². The zero-order valence-electron chi connectivity index (χ0n) is 13.7. The number of pyridine rings is 1. The van der Waals surface area contributed by atoms with Crippen LogP contribution in [0.3, 0.4) is 0 Å². The van der Waals surface area contributed by atoms with Crippen LogP contribution in [-0.4, -0.2) is 24.7 Å². The predicted molar refractivity (Wildman–Crippen MR) is 95.1 cm³/mol. The molecule has 0 amide bonds. The van der Waals surface area contributed by atoms with E-state index in [0.29, 0.717) is 22.5 Å². The van der Waals surface area contributed by atoms with Crippen LogP contribution in [0.25, 0.3) is 21.4 Å². The van der Waals surface area contributed by atoms with Gasteiger partial charge in [-0.15, -0.1) is 0 Å². The SMILES string of the molecule is [C-]#[N+]c1cccc(F)c1-n1cc2c(Nc3cc(C)ncn3)nccc2n1. The molecule has 0 radical (unpaired) electrons. The van der Waals surface area contributed by atoms with Gasteiger partial charge in [-0.05, 0) is 19.1 Å². The predicted octanol–water partition coefficient (Wildman–Crippen LogP) is 3.95. The quantitative estimate of drug-likeness (QED) is 0.569. The third-order valence-electron chi connectivity index (χ3n) is 3.80. The lowest BCUT2D eigenvalue weighted by Crippen LogP contribution is -1.98. The number of rotatable bonds is 3. The Labute approximate surface area is 148 Å². The van der Waals surface area contributed by atoms with E-state index >= 15 is 0 Å². The van der Waals surface area contributed by atoms with Crippen molar-refractivity contribution in [1.29, 1.82) is 0 Å². The Morgan fingerprint density at radius 3 is 2.88 bits per heavy atom. The topological polar surface area (TPSA) is 72.9 Å². The van der Waals surface area contributed by atoms with E-state index in [0.717, 1.165) is 5.69 Å². The van der Waals surface area contributed by atoms with E-state index in [4.69, 9.17) is 6.57 Å². The maximum absolute atomic E-state index is 14.3. The molecule has 0 bridgehead atoms. The summed E-state index contributed by atoms with van der Waals surface area (Å²) in [5.41, 5.74) is 1.74. The first-order valence-corrected chi connectivity index (χ1v) is 7.72. The second-order valence-corrected chi connectivity index (χ2v) is 5.56. The molecule has 0 unspecified atom stereocenters. The van der Waals surface area contributed by atoms with Gasteiger partial charge in [0, 0.05) is 24.2 Å². The maximum Gasteiger partial charge on any atom is 0.215 e. The molecule has 0 aliphatic carbocycles. The molecule has 1 aromatic carbocycles. The summed E-state index contributed by atoms with van der Waals surface area (Å²) < 4.78 is 15.7. The number of benzene rings is 1. The molecule has 4 aromatic rings. The van der Waals surface area contributed by atoms with Crippen LogP contribution in [0.5, 0.6) is 0 Å². The molecule has 7 nitrogen and oxygen atoms in total. The van der Waals surface area contributed by atoms with Crippen LogP contribution in [0.2, 0.25) is 0 Å². The maximum atomic E-state index is 14.3. The van der Waals surface area contributed by atoms with Gasteiger partial charge in [0.15, 0.2) is 0 Å². The molecular weight excluding hydrogens is 333 g/mol. The standard InChI is InChI=1S/C18H12FN7/c1-11-8-16(23-10-22-11)24-18-12-9-26(25-14(12)6-7-21-18)17-13(19)4-3-5-15(17)20-2/h3-10H,1H3,(H,21,22,23,24). The fraction of sp³-hybridized carbons (Fsp3) is 0.0556. The number of aromatic nitrogens is 5. The molecule has 0 atom stereocenters. The summed E-state index contributed by atoms with van der Waals surface area (Å²) in [6.07, 6.45) is 4.71. The number of para-hydroxylation sites is 1. The van der Waals surface area contributed by atoms with Gasteiger partial charge in [-0.2, -0.15) is 5.10 Å². The van der Waals surface area contributed by atoms with Gasteiger partial charge < -0.3 is 5.32 Å². The second kappa shape index (κ2) is 6.22. The highest BCUT2D eigenvalue weighted by Crippen LogP contribution is 2.29. The fourth-order valence-electron chi connectivity index (χ4n) is 2.62. The molecule has 0 fully saturated rings. The molecule has 3 heterocycles. The Bertz CT molecular complexity index is 1160. The number of hydrogen-bond donors (Lipinski definition) is 1. The zero-order valence-corrected chi connectivity index (χ0v) is 13.7. The van der Waals surface area contributed by atoms with Gasteiger partial charge in [0.2, 0.25) is 5.69 Å². The number of hydrogen-bond acceptors (Lipinski definition) is 5. The van der Waals surface area contributed by atoms with Crippen LogP contribution in [-0.2, 0) is 0 Å². The first kappa shape index (κ1) is 15.7. The lowest BCUT2D eigenvalue weighted by Gasteiger charge is -2.05. The van der Waals surface area contributed by atoms with Crippen molar-refractivity contribution in [2.24, 2.45) is 0 Å². The number of halogens is 1. The molecule has 4 rings (SSSR count). The minimum Gasteiger partial charge on any atom is -0.324 e. The first-order valence-electron chi connectivity index (χ1n) is 7.72. The number of aryl methyl sites for hydroxylation is 1. The van der Waals surface area contributed by atoms with Gasteiger partial charge in [0.05, 0.1) is 17.5 Å². The highest BCUT2D eigenvalue weighted by molar-refractivity contribution is 5.90. The average molecular weight is 345 g/mol.